The fourth-order valence-corrected chi connectivity index (χ4v) is 1.62. The zero-order valence-corrected chi connectivity index (χ0v) is 11.5. The van der Waals surface area contributed by atoms with Crippen LogP contribution in [-0.2, 0) is 0 Å². The molecule has 0 radical (unpaired) electrons. The number of hydrogen-bond acceptors (Lipinski definition) is 3. The van der Waals surface area contributed by atoms with Crippen molar-refractivity contribution in [2.24, 2.45) is 0 Å². The second-order valence-electron chi connectivity index (χ2n) is 4.37. The zero-order valence-electron chi connectivity index (χ0n) is 10.7. The summed E-state index contributed by atoms with van der Waals surface area (Å²) in [6.45, 7) is 6.88. The van der Waals surface area contributed by atoms with Crippen LogP contribution in [0.3, 0.4) is 0 Å². The van der Waals surface area contributed by atoms with Gasteiger partial charge in [0.2, 0.25) is 0 Å². The van der Waals surface area contributed by atoms with Gasteiger partial charge in [0.25, 0.3) is 0 Å². The molecule has 0 aliphatic carbocycles. The minimum Gasteiger partial charge on any atom is -0.487 e. The standard InChI is InChI=1S/C13H21ClN2O/c1-10(2)17-12-7-5-9-16-13(12)15-8-4-6-11(3)14/h5,7,9-11H,4,6,8H2,1-3H3,(H,15,16). The summed E-state index contributed by atoms with van der Waals surface area (Å²) in [5.74, 6) is 1.62. The molecule has 0 aromatic carbocycles. The Labute approximate surface area is 109 Å². The summed E-state index contributed by atoms with van der Waals surface area (Å²) in [4.78, 5) is 4.28. The quantitative estimate of drug-likeness (QED) is 0.597. The van der Waals surface area contributed by atoms with Crippen LogP contribution in [0.25, 0.3) is 0 Å². The van der Waals surface area contributed by atoms with E-state index in [1.807, 2.05) is 32.9 Å². The number of hydrogen-bond donors (Lipinski definition) is 1. The Bertz CT molecular complexity index is 329. The van der Waals surface area contributed by atoms with Gasteiger partial charge in [-0.3, -0.25) is 0 Å². The minimum absolute atomic E-state index is 0.155. The highest BCUT2D eigenvalue weighted by Gasteiger charge is 2.05. The fraction of sp³-hybridized carbons (Fsp3) is 0.615. The Kier molecular flexibility index (Phi) is 6.12. The summed E-state index contributed by atoms with van der Waals surface area (Å²) in [6.07, 6.45) is 3.95. The first kappa shape index (κ1) is 14.1. The highest BCUT2D eigenvalue weighted by molar-refractivity contribution is 6.20. The van der Waals surface area contributed by atoms with E-state index < -0.39 is 0 Å². The maximum atomic E-state index is 5.89. The van der Waals surface area contributed by atoms with Gasteiger partial charge in [-0.1, -0.05) is 0 Å². The molecule has 0 fully saturated rings. The Balaban J connectivity index is 2.46. The molecule has 1 rings (SSSR count). The van der Waals surface area contributed by atoms with Crippen molar-refractivity contribution in [3.63, 3.8) is 0 Å². The minimum atomic E-state index is 0.155. The highest BCUT2D eigenvalue weighted by Crippen LogP contribution is 2.22. The van der Waals surface area contributed by atoms with E-state index in [1.165, 1.54) is 0 Å². The van der Waals surface area contributed by atoms with Crippen molar-refractivity contribution < 1.29 is 4.74 Å². The normalized spacial score (nSPS) is 12.5. The monoisotopic (exact) mass is 256 g/mol. The fourth-order valence-electron chi connectivity index (χ4n) is 1.46. The molecule has 0 saturated carbocycles. The molecule has 1 heterocycles. The van der Waals surface area contributed by atoms with Gasteiger partial charge in [0, 0.05) is 18.1 Å². The molecule has 0 saturated heterocycles. The smallest absolute Gasteiger partial charge is 0.168 e. The molecule has 17 heavy (non-hydrogen) atoms. The summed E-state index contributed by atoms with van der Waals surface area (Å²) in [5, 5.41) is 3.51. The van der Waals surface area contributed by atoms with Gasteiger partial charge in [0.1, 0.15) is 0 Å². The number of rotatable bonds is 7. The first-order chi connectivity index (χ1) is 8.09. The summed E-state index contributed by atoms with van der Waals surface area (Å²) in [7, 11) is 0. The van der Waals surface area contributed by atoms with E-state index in [9.17, 15) is 0 Å². The van der Waals surface area contributed by atoms with Crippen LogP contribution in [-0.4, -0.2) is 23.0 Å². The molecule has 0 aliphatic rings. The van der Waals surface area contributed by atoms with Gasteiger partial charge in [-0.25, -0.2) is 4.98 Å². The van der Waals surface area contributed by atoms with Crippen LogP contribution in [0.5, 0.6) is 5.75 Å². The van der Waals surface area contributed by atoms with Gasteiger partial charge in [0.15, 0.2) is 11.6 Å². The number of pyridine rings is 1. The van der Waals surface area contributed by atoms with Crippen molar-refractivity contribution in [1.82, 2.24) is 4.98 Å². The van der Waals surface area contributed by atoms with Crippen molar-refractivity contribution in [2.45, 2.75) is 45.1 Å². The third-order valence-electron chi connectivity index (χ3n) is 2.20. The Hall–Kier alpha value is -0.960. The molecular weight excluding hydrogens is 236 g/mol. The maximum absolute atomic E-state index is 5.89. The number of ether oxygens (including phenoxy) is 1. The van der Waals surface area contributed by atoms with E-state index in [1.54, 1.807) is 6.20 Å². The summed E-state index contributed by atoms with van der Waals surface area (Å²) in [6, 6.07) is 3.81. The molecule has 4 heteroatoms. The lowest BCUT2D eigenvalue weighted by Gasteiger charge is -2.14. The Morgan fingerprint density at radius 3 is 2.82 bits per heavy atom. The number of alkyl halides is 1. The molecule has 1 atom stereocenters. The van der Waals surface area contributed by atoms with Gasteiger partial charge in [0.05, 0.1) is 6.10 Å². The lowest BCUT2D eigenvalue weighted by Crippen LogP contribution is -2.11. The Morgan fingerprint density at radius 2 is 2.18 bits per heavy atom. The second kappa shape index (κ2) is 7.38. The summed E-state index contributed by atoms with van der Waals surface area (Å²) in [5.41, 5.74) is 0. The maximum Gasteiger partial charge on any atom is 0.168 e. The first-order valence-corrected chi connectivity index (χ1v) is 6.53. The molecule has 96 valence electrons. The van der Waals surface area contributed by atoms with Crippen LogP contribution in [0.2, 0.25) is 0 Å². The van der Waals surface area contributed by atoms with Crippen molar-refractivity contribution in [2.75, 3.05) is 11.9 Å². The molecule has 1 aromatic rings. The van der Waals surface area contributed by atoms with Gasteiger partial charge < -0.3 is 10.1 Å². The predicted octanol–water partition coefficient (Wildman–Crippen LogP) is 3.69. The molecule has 1 N–H and O–H groups in total. The second-order valence-corrected chi connectivity index (χ2v) is 5.11. The number of halogens is 1. The van der Waals surface area contributed by atoms with E-state index in [4.69, 9.17) is 16.3 Å². The van der Waals surface area contributed by atoms with Gasteiger partial charge in [-0.15, -0.1) is 11.6 Å². The van der Waals surface area contributed by atoms with Crippen LogP contribution < -0.4 is 10.1 Å². The average Bonchev–Trinajstić information content (AvgIpc) is 2.25. The molecule has 0 bridgehead atoms. The third kappa shape index (κ3) is 5.78. The van der Waals surface area contributed by atoms with E-state index in [0.717, 1.165) is 31.0 Å². The van der Waals surface area contributed by atoms with Crippen LogP contribution in [0.1, 0.15) is 33.6 Å². The lowest BCUT2D eigenvalue weighted by molar-refractivity contribution is 0.243. The van der Waals surface area contributed by atoms with Crippen molar-refractivity contribution >= 4 is 17.4 Å². The van der Waals surface area contributed by atoms with Crippen molar-refractivity contribution in [3.8, 4) is 5.75 Å². The van der Waals surface area contributed by atoms with E-state index in [0.29, 0.717) is 0 Å². The van der Waals surface area contributed by atoms with Crippen molar-refractivity contribution in [1.29, 1.82) is 0 Å². The van der Waals surface area contributed by atoms with Crippen LogP contribution >= 0.6 is 11.6 Å². The van der Waals surface area contributed by atoms with E-state index >= 15 is 0 Å². The van der Waals surface area contributed by atoms with Crippen molar-refractivity contribution in [3.05, 3.63) is 18.3 Å². The van der Waals surface area contributed by atoms with Gasteiger partial charge >= 0.3 is 0 Å². The topological polar surface area (TPSA) is 34.2 Å². The number of nitrogens with one attached hydrogen (secondary N) is 1. The summed E-state index contributed by atoms with van der Waals surface area (Å²) < 4.78 is 5.67. The van der Waals surface area contributed by atoms with Gasteiger partial charge in [-0.05, 0) is 45.7 Å². The Morgan fingerprint density at radius 1 is 1.41 bits per heavy atom. The summed E-state index contributed by atoms with van der Waals surface area (Å²) >= 11 is 5.89. The average molecular weight is 257 g/mol. The van der Waals surface area contributed by atoms with Crippen LogP contribution in [0, 0.1) is 0 Å². The molecule has 0 spiro atoms. The molecule has 0 aliphatic heterocycles. The van der Waals surface area contributed by atoms with Gasteiger partial charge in [-0.2, -0.15) is 0 Å². The number of nitrogens with zero attached hydrogens (tertiary/aromatic N) is 1. The largest absolute Gasteiger partial charge is 0.487 e. The van der Waals surface area contributed by atoms with E-state index in [2.05, 4.69) is 10.3 Å². The molecule has 1 unspecified atom stereocenters. The first-order valence-electron chi connectivity index (χ1n) is 6.09. The van der Waals surface area contributed by atoms with Crippen LogP contribution in [0.15, 0.2) is 18.3 Å². The molecular formula is C13H21ClN2O. The van der Waals surface area contributed by atoms with E-state index in [-0.39, 0.29) is 11.5 Å². The zero-order chi connectivity index (χ0) is 12.7. The number of aromatic nitrogens is 1. The van der Waals surface area contributed by atoms with Crippen LogP contribution in [0.4, 0.5) is 5.82 Å². The molecule has 0 amide bonds. The predicted molar refractivity (Wildman–Crippen MR) is 73.0 cm³/mol. The third-order valence-corrected chi connectivity index (χ3v) is 2.42. The molecule has 1 aromatic heterocycles. The molecule has 3 nitrogen and oxygen atoms in total. The lowest BCUT2D eigenvalue weighted by atomic mass is 10.2. The number of anilines is 1. The highest BCUT2D eigenvalue weighted by atomic mass is 35.5. The SMILES string of the molecule is CC(Cl)CCCNc1ncccc1OC(C)C.